The number of hydrogen-bond donors (Lipinski definition) is 0. The molecule has 0 aliphatic carbocycles. The Morgan fingerprint density at radius 3 is 2.35 bits per heavy atom. The lowest BCUT2D eigenvalue weighted by Crippen LogP contribution is -2.25. The van der Waals surface area contributed by atoms with E-state index < -0.39 is 11.6 Å². The third-order valence-corrected chi connectivity index (χ3v) is 2.81. The van der Waals surface area contributed by atoms with Gasteiger partial charge in [0.15, 0.2) is 5.78 Å². The lowest BCUT2D eigenvalue weighted by atomic mass is 10.00. The van der Waals surface area contributed by atoms with E-state index in [0.717, 1.165) is 10.8 Å². The average Bonchev–Trinajstić information content (AvgIpc) is 2.35. The number of ketones is 1. The van der Waals surface area contributed by atoms with Crippen LogP contribution in [-0.2, 0) is 9.53 Å². The standard InChI is InChI=1S/C17H18O3/c1-17(2,3)20-16(19)11-15(18)14-10-6-8-12-7-4-5-9-13(12)14/h4-10H,11H2,1-3H3. The largest absolute Gasteiger partial charge is 0.460 e. The van der Waals surface area contributed by atoms with Crippen LogP contribution >= 0.6 is 0 Å². The molecule has 0 spiro atoms. The smallest absolute Gasteiger partial charge is 0.314 e. The molecule has 104 valence electrons. The molecule has 3 heteroatoms. The Morgan fingerprint density at radius 2 is 1.65 bits per heavy atom. The number of fused-ring (bicyclic) bond motifs is 1. The maximum absolute atomic E-state index is 12.3. The van der Waals surface area contributed by atoms with Gasteiger partial charge in [0.2, 0.25) is 0 Å². The number of carbonyl (C=O) groups excluding carboxylic acids is 2. The van der Waals surface area contributed by atoms with Gasteiger partial charge in [-0.15, -0.1) is 0 Å². The first-order valence-electron chi connectivity index (χ1n) is 6.59. The second-order valence-corrected chi connectivity index (χ2v) is 5.71. The van der Waals surface area contributed by atoms with Crippen molar-refractivity contribution in [1.82, 2.24) is 0 Å². The highest BCUT2D eigenvalue weighted by Crippen LogP contribution is 2.20. The number of rotatable bonds is 3. The van der Waals surface area contributed by atoms with E-state index in [0.29, 0.717) is 5.56 Å². The molecule has 0 unspecified atom stereocenters. The van der Waals surface area contributed by atoms with Gasteiger partial charge in [-0.05, 0) is 31.5 Å². The van der Waals surface area contributed by atoms with Crippen LogP contribution in [0.5, 0.6) is 0 Å². The predicted octanol–water partition coefficient (Wildman–Crippen LogP) is 3.75. The molecule has 0 bridgehead atoms. The molecule has 0 N–H and O–H groups in total. The number of hydrogen-bond acceptors (Lipinski definition) is 3. The summed E-state index contributed by atoms with van der Waals surface area (Å²) in [4.78, 5) is 24.0. The zero-order valence-electron chi connectivity index (χ0n) is 12.0. The molecule has 2 aromatic rings. The Labute approximate surface area is 118 Å². The molecule has 0 heterocycles. The maximum Gasteiger partial charge on any atom is 0.314 e. The van der Waals surface area contributed by atoms with Crippen molar-refractivity contribution < 1.29 is 14.3 Å². The first-order chi connectivity index (χ1) is 9.37. The maximum atomic E-state index is 12.3. The van der Waals surface area contributed by atoms with Crippen molar-refractivity contribution in [1.29, 1.82) is 0 Å². The summed E-state index contributed by atoms with van der Waals surface area (Å²) in [7, 11) is 0. The van der Waals surface area contributed by atoms with Crippen molar-refractivity contribution in [2.45, 2.75) is 32.8 Å². The first kappa shape index (κ1) is 14.3. The highest BCUT2D eigenvalue weighted by Gasteiger charge is 2.20. The summed E-state index contributed by atoms with van der Waals surface area (Å²) in [6.07, 6.45) is -0.231. The van der Waals surface area contributed by atoms with Crippen LogP contribution in [0.25, 0.3) is 10.8 Å². The summed E-state index contributed by atoms with van der Waals surface area (Å²) < 4.78 is 5.18. The minimum atomic E-state index is -0.573. The molecular weight excluding hydrogens is 252 g/mol. The Morgan fingerprint density at radius 1 is 1.00 bits per heavy atom. The Bertz CT molecular complexity index is 645. The molecule has 0 aromatic heterocycles. The summed E-state index contributed by atoms with van der Waals surface area (Å²) >= 11 is 0. The van der Waals surface area contributed by atoms with Crippen molar-refractivity contribution in [3.63, 3.8) is 0 Å². The molecule has 0 saturated heterocycles. The van der Waals surface area contributed by atoms with Gasteiger partial charge in [-0.25, -0.2) is 0 Å². The van der Waals surface area contributed by atoms with Crippen molar-refractivity contribution in [3.05, 3.63) is 48.0 Å². The van der Waals surface area contributed by atoms with Gasteiger partial charge in [0.25, 0.3) is 0 Å². The van der Waals surface area contributed by atoms with E-state index in [2.05, 4.69) is 0 Å². The Balaban J connectivity index is 2.22. The highest BCUT2D eigenvalue weighted by atomic mass is 16.6. The van der Waals surface area contributed by atoms with Crippen LogP contribution in [0.4, 0.5) is 0 Å². The van der Waals surface area contributed by atoms with E-state index in [4.69, 9.17) is 4.74 Å². The van der Waals surface area contributed by atoms with E-state index in [1.807, 2.05) is 36.4 Å². The monoisotopic (exact) mass is 270 g/mol. The molecule has 0 aliphatic rings. The molecule has 0 fully saturated rings. The highest BCUT2D eigenvalue weighted by molar-refractivity contribution is 6.13. The SMILES string of the molecule is CC(C)(C)OC(=O)CC(=O)c1cccc2ccccc12. The third kappa shape index (κ3) is 3.44. The fourth-order valence-corrected chi connectivity index (χ4v) is 2.07. The number of benzene rings is 2. The molecule has 3 nitrogen and oxygen atoms in total. The van der Waals surface area contributed by atoms with Gasteiger partial charge in [0.05, 0.1) is 0 Å². The average molecular weight is 270 g/mol. The van der Waals surface area contributed by atoms with Crippen LogP contribution in [0.3, 0.4) is 0 Å². The van der Waals surface area contributed by atoms with Crippen LogP contribution in [0, 0.1) is 0 Å². The van der Waals surface area contributed by atoms with Gasteiger partial charge in [-0.1, -0.05) is 42.5 Å². The van der Waals surface area contributed by atoms with E-state index in [1.54, 1.807) is 26.8 Å². The van der Waals surface area contributed by atoms with E-state index in [1.165, 1.54) is 0 Å². The number of esters is 1. The molecule has 0 amide bonds. The topological polar surface area (TPSA) is 43.4 Å². The predicted molar refractivity (Wildman–Crippen MR) is 78.7 cm³/mol. The third-order valence-electron chi connectivity index (χ3n) is 2.81. The van der Waals surface area contributed by atoms with Crippen molar-refractivity contribution in [3.8, 4) is 0 Å². The fraction of sp³-hybridized carbons (Fsp3) is 0.294. The van der Waals surface area contributed by atoms with Crippen molar-refractivity contribution in [2.24, 2.45) is 0 Å². The van der Waals surface area contributed by atoms with Gasteiger partial charge in [-0.3, -0.25) is 9.59 Å². The summed E-state index contributed by atoms with van der Waals surface area (Å²) in [5, 5.41) is 1.85. The quantitative estimate of drug-likeness (QED) is 0.484. The summed E-state index contributed by atoms with van der Waals surface area (Å²) in [5.41, 5.74) is -0.00944. The number of ether oxygens (including phenoxy) is 1. The Kier molecular flexibility index (Phi) is 3.89. The number of Topliss-reactive ketones (excluding diaryl/α,β-unsaturated/α-hetero) is 1. The van der Waals surface area contributed by atoms with Gasteiger partial charge in [0.1, 0.15) is 12.0 Å². The zero-order chi connectivity index (χ0) is 14.8. The van der Waals surface area contributed by atoms with E-state index in [-0.39, 0.29) is 12.2 Å². The van der Waals surface area contributed by atoms with Gasteiger partial charge < -0.3 is 4.74 Å². The summed E-state index contributed by atoms with van der Waals surface area (Å²) in [6.45, 7) is 5.36. The normalized spacial score (nSPS) is 11.3. The molecule has 2 aromatic carbocycles. The van der Waals surface area contributed by atoms with Crippen molar-refractivity contribution >= 4 is 22.5 Å². The fourth-order valence-electron chi connectivity index (χ4n) is 2.07. The Hall–Kier alpha value is -2.16. The van der Waals surface area contributed by atoms with E-state index >= 15 is 0 Å². The molecule has 0 atom stereocenters. The van der Waals surface area contributed by atoms with Crippen LogP contribution < -0.4 is 0 Å². The molecule has 0 radical (unpaired) electrons. The van der Waals surface area contributed by atoms with Crippen molar-refractivity contribution in [2.75, 3.05) is 0 Å². The van der Waals surface area contributed by atoms with E-state index in [9.17, 15) is 9.59 Å². The molecule has 0 saturated carbocycles. The lowest BCUT2D eigenvalue weighted by molar-refractivity contribution is -0.153. The molecule has 0 aliphatic heterocycles. The number of carbonyl (C=O) groups is 2. The van der Waals surface area contributed by atoms with Gasteiger partial charge in [0, 0.05) is 5.56 Å². The van der Waals surface area contributed by atoms with Gasteiger partial charge >= 0.3 is 5.97 Å². The van der Waals surface area contributed by atoms with Crippen LogP contribution in [-0.4, -0.2) is 17.4 Å². The van der Waals surface area contributed by atoms with Crippen LogP contribution in [0.2, 0.25) is 0 Å². The van der Waals surface area contributed by atoms with Crippen LogP contribution in [0.1, 0.15) is 37.6 Å². The lowest BCUT2D eigenvalue weighted by Gasteiger charge is -2.19. The summed E-state index contributed by atoms with van der Waals surface area (Å²) in [5.74, 6) is -0.702. The first-order valence-corrected chi connectivity index (χ1v) is 6.59. The minimum Gasteiger partial charge on any atom is -0.460 e. The van der Waals surface area contributed by atoms with Gasteiger partial charge in [-0.2, -0.15) is 0 Å². The second-order valence-electron chi connectivity index (χ2n) is 5.71. The molecular formula is C17H18O3. The van der Waals surface area contributed by atoms with Crippen LogP contribution in [0.15, 0.2) is 42.5 Å². The molecule has 2 rings (SSSR count). The zero-order valence-corrected chi connectivity index (χ0v) is 12.0. The molecule has 20 heavy (non-hydrogen) atoms. The second kappa shape index (κ2) is 5.45. The summed E-state index contributed by atoms with van der Waals surface area (Å²) in [6, 6.07) is 13.1. The minimum absolute atomic E-state index is 0.212.